The highest BCUT2D eigenvalue weighted by molar-refractivity contribution is 14.0. The van der Waals surface area contributed by atoms with E-state index in [9.17, 15) is 4.79 Å². The fourth-order valence-corrected chi connectivity index (χ4v) is 3.54. The predicted molar refractivity (Wildman–Crippen MR) is 135 cm³/mol. The van der Waals surface area contributed by atoms with Gasteiger partial charge in [-0.3, -0.25) is 9.69 Å². The van der Waals surface area contributed by atoms with Gasteiger partial charge in [-0.1, -0.05) is 0 Å². The number of hydrogen-bond acceptors (Lipinski definition) is 6. The Balaban J connectivity index is 0.00000450. The normalized spacial score (nSPS) is 15.3. The van der Waals surface area contributed by atoms with E-state index in [0.717, 1.165) is 62.5 Å². The Morgan fingerprint density at radius 3 is 2.50 bits per heavy atom. The first-order valence-electron chi connectivity index (χ1n) is 10.3. The second-order valence-electron chi connectivity index (χ2n) is 7.62. The van der Waals surface area contributed by atoms with Gasteiger partial charge in [0.1, 0.15) is 12.4 Å². The summed E-state index contributed by atoms with van der Waals surface area (Å²) in [6, 6.07) is 0.178. The highest BCUT2D eigenvalue weighted by Gasteiger charge is 2.21. The molecule has 1 fully saturated rings. The van der Waals surface area contributed by atoms with E-state index in [1.54, 1.807) is 0 Å². The summed E-state index contributed by atoms with van der Waals surface area (Å²) >= 11 is 1.85. The number of rotatable bonds is 9. The molecule has 30 heavy (non-hydrogen) atoms. The van der Waals surface area contributed by atoms with Crippen LogP contribution in [-0.4, -0.2) is 93.8 Å². The monoisotopic (exact) mass is 552 g/mol. The molecule has 0 radical (unpaired) electrons. The number of thioether (sulfide) groups is 1. The number of amides is 1. The zero-order valence-corrected chi connectivity index (χ0v) is 22.0. The molecule has 0 unspecified atom stereocenters. The molecule has 2 heterocycles. The number of carbonyl (C=O) groups excluding carboxylic acids is 1. The third kappa shape index (κ3) is 8.96. The SMILES string of the molecule is CSCCCNC(=NCc1nnc(C)n1C)N1CCN(CC(=O)NC(C)C)CC1.I. The van der Waals surface area contributed by atoms with Crippen molar-refractivity contribution in [1.82, 2.24) is 35.2 Å². The van der Waals surface area contributed by atoms with Gasteiger partial charge >= 0.3 is 0 Å². The summed E-state index contributed by atoms with van der Waals surface area (Å²) in [5.74, 6) is 3.88. The lowest BCUT2D eigenvalue weighted by Crippen LogP contribution is -2.54. The number of halogens is 1. The number of aromatic nitrogens is 3. The maximum absolute atomic E-state index is 12.0. The summed E-state index contributed by atoms with van der Waals surface area (Å²) < 4.78 is 1.97. The predicted octanol–water partition coefficient (Wildman–Crippen LogP) is 1.08. The molecule has 1 aliphatic rings. The molecule has 1 aromatic rings. The molecule has 11 heteroatoms. The third-order valence-electron chi connectivity index (χ3n) is 4.85. The van der Waals surface area contributed by atoms with E-state index in [4.69, 9.17) is 4.99 Å². The van der Waals surface area contributed by atoms with Crippen LogP contribution in [0.5, 0.6) is 0 Å². The lowest BCUT2D eigenvalue weighted by atomic mass is 10.3. The molecule has 172 valence electrons. The molecule has 0 aliphatic carbocycles. The zero-order chi connectivity index (χ0) is 21.2. The van der Waals surface area contributed by atoms with Gasteiger partial charge in [-0.25, -0.2) is 4.99 Å². The van der Waals surface area contributed by atoms with Gasteiger partial charge < -0.3 is 20.1 Å². The fraction of sp³-hybridized carbons (Fsp3) is 0.789. The van der Waals surface area contributed by atoms with Gasteiger partial charge in [0.25, 0.3) is 0 Å². The first kappa shape index (κ1) is 27.0. The molecule has 0 spiro atoms. The van der Waals surface area contributed by atoms with Crippen LogP contribution in [-0.2, 0) is 18.4 Å². The van der Waals surface area contributed by atoms with Crippen LogP contribution in [0.15, 0.2) is 4.99 Å². The van der Waals surface area contributed by atoms with Crippen molar-refractivity contribution in [1.29, 1.82) is 0 Å². The fourth-order valence-electron chi connectivity index (χ4n) is 3.11. The van der Waals surface area contributed by atoms with Crippen LogP contribution in [0.3, 0.4) is 0 Å². The van der Waals surface area contributed by atoms with Crippen LogP contribution in [0.2, 0.25) is 0 Å². The zero-order valence-electron chi connectivity index (χ0n) is 18.8. The number of guanidine groups is 1. The van der Waals surface area contributed by atoms with E-state index in [1.165, 1.54) is 0 Å². The Morgan fingerprint density at radius 2 is 1.93 bits per heavy atom. The molecule has 9 nitrogen and oxygen atoms in total. The van der Waals surface area contributed by atoms with Crippen LogP contribution in [0.25, 0.3) is 0 Å². The van der Waals surface area contributed by atoms with Crippen molar-refractivity contribution in [3.63, 3.8) is 0 Å². The Bertz CT molecular complexity index is 673. The summed E-state index contributed by atoms with van der Waals surface area (Å²) in [6.07, 6.45) is 3.22. The van der Waals surface area contributed by atoms with E-state index in [1.807, 2.05) is 44.1 Å². The molecule has 0 aromatic carbocycles. The van der Waals surface area contributed by atoms with E-state index < -0.39 is 0 Å². The summed E-state index contributed by atoms with van der Waals surface area (Å²) in [6.45, 7) is 11.2. The van der Waals surface area contributed by atoms with Crippen molar-refractivity contribution < 1.29 is 4.79 Å². The van der Waals surface area contributed by atoms with Gasteiger partial charge in [0.2, 0.25) is 5.91 Å². The lowest BCUT2D eigenvalue weighted by Gasteiger charge is -2.36. The third-order valence-corrected chi connectivity index (χ3v) is 5.55. The first-order valence-corrected chi connectivity index (χ1v) is 11.7. The molecule has 1 amide bonds. The van der Waals surface area contributed by atoms with Gasteiger partial charge in [0.05, 0.1) is 6.54 Å². The Labute approximate surface area is 201 Å². The highest BCUT2D eigenvalue weighted by Crippen LogP contribution is 2.05. The van der Waals surface area contributed by atoms with E-state index in [-0.39, 0.29) is 35.9 Å². The maximum Gasteiger partial charge on any atom is 0.234 e. The second kappa shape index (κ2) is 14.1. The second-order valence-corrected chi connectivity index (χ2v) is 8.61. The molecule has 2 N–H and O–H groups in total. The molecule has 0 atom stereocenters. The number of nitrogens with one attached hydrogen (secondary N) is 2. The summed E-state index contributed by atoms with van der Waals surface area (Å²) in [4.78, 5) is 21.3. The number of carbonyl (C=O) groups is 1. The van der Waals surface area contributed by atoms with Gasteiger partial charge in [-0.05, 0) is 39.2 Å². The number of piperazine rings is 1. The lowest BCUT2D eigenvalue weighted by molar-refractivity contribution is -0.123. The number of hydrogen-bond donors (Lipinski definition) is 2. The standard InChI is InChI=1S/C19H36N8OS.HI/c1-15(2)22-18(28)14-26-8-10-27(11-9-26)19(20-7-6-12-29-5)21-13-17-24-23-16(3)25(17)4;/h15H,6-14H2,1-5H3,(H,20,21)(H,22,28);1H. The van der Waals surface area contributed by atoms with Crippen LogP contribution in [0.1, 0.15) is 31.9 Å². The average Bonchev–Trinajstić information content (AvgIpc) is 2.99. The molecule has 1 saturated heterocycles. The van der Waals surface area contributed by atoms with Crippen molar-refractivity contribution in [2.45, 2.75) is 39.8 Å². The molecular weight excluding hydrogens is 515 g/mol. The van der Waals surface area contributed by atoms with Crippen molar-refractivity contribution in [3.8, 4) is 0 Å². The minimum absolute atomic E-state index is 0. The molecule has 0 saturated carbocycles. The van der Waals surface area contributed by atoms with Gasteiger partial charge in [-0.2, -0.15) is 11.8 Å². The number of nitrogens with zero attached hydrogens (tertiary/aromatic N) is 6. The smallest absolute Gasteiger partial charge is 0.234 e. The van der Waals surface area contributed by atoms with Crippen molar-refractivity contribution in [3.05, 3.63) is 11.6 Å². The average molecular weight is 553 g/mol. The van der Waals surface area contributed by atoms with Gasteiger partial charge in [-0.15, -0.1) is 34.2 Å². The minimum Gasteiger partial charge on any atom is -0.356 e. The highest BCUT2D eigenvalue weighted by atomic mass is 127. The van der Waals surface area contributed by atoms with E-state index in [0.29, 0.717) is 13.1 Å². The maximum atomic E-state index is 12.0. The van der Waals surface area contributed by atoms with Gasteiger partial charge in [0.15, 0.2) is 11.8 Å². The Kier molecular flexibility index (Phi) is 12.6. The topological polar surface area (TPSA) is 90.7 Å². The summed E-state index contributed by atoms with van der Waals surface area (Å²) in [5, 5.41) is 14.8. The van der Waals surface area contributed by atoms with Crippen LogP contribution >= 0.6 is 35.7 Å². The van der Waals surface area contributed by atoms with Crippen LogP contribution in [0.4, 0.5) is 0 Å². The Hall–Kier alpha value is -1.08. The largest absolute Gasteiger partial charge is 0.356 e. The van der Waals surface area contributed by atoms with Crippen LogP contribution < -0.4 is 10.6 Å². The van der Waals surface area contributed by atoms with Crippen molar-refractivity contribution >= 4 is 47.6 Å². The van der Waals surface area contributed by atoms with Crippen molar-refractivity contribution in [2.24, 2.45) is 12.0 Å². The summed E-state index contributed by atoms with van der Waals surface area (Å²) in [7, 11) is 1.97. The number of aryl methyl sites for hydroxylation is 1. The first-order chi connectivity index (χ1) is 13.9. The van der Waals surface area contributed by atoms with Crippen molar-refractivity contribution in [2.75, 3.05) is 51.3 Å². The van der Waals surface area contributed by atoms with Crippen LogP contribution in [0, 0.1) is 6.92 Å². The summed E-state index contributed by atoms with van der Waals surface area (Å²) in [5.41, 5.74) is 0. The molecular formula is C19H37IN8OS. The van der Waals surface area contributed by atoms with E-state index >= 15 is 0 Å². The number of aliphatic imine (C=N–C) groups is 1. The minimum atomic E-state index is 0. The molecule has 1 aromatic heterocycles. The molecule has 1 aliphatic heterocycles. The Morgan fingerprint density at radius 1 is 1.23 bits per heavy atom. The quantitative estimate of drug-likeness (QED) is 0.205. The molecule has 2 rings (SSSR count). The van der Waals surface area contributed by atoms with Gasteiger partial charge in [0, 0.05) is 45.8 Å². The molecule has 0 bridgehead atoms. The van der Waals surface area contributed by atoms with E-state index in [2.05, 4.69) is 36.9 Å².